The molecule has 0 unspecified atom stereocenters. The summed E-state index contributed by atoms with van der Waals surface area (Å²) in [4.78, 5) is 10.7. The Hall–Kier alpha value is -2.36. The van der Waals surface area contributed by atoms with Gasteiger partial charge >= 0.3 is 5.97 Å². The molecule has 2 aromatic rings. The molecule has 17 heavy (non-hydrogen) atoms. The molecule has 0 aliphatic heterocycles. The van der Waals surface area contributed by atoms with Gasteiger partial charge in [-0.1, -0.05) is 23.9 Å². The van der Waals surface area contributed by atoms with Gasteiger partial charge in [0.05, 0.1) is 5.56 Å². The van der Waals surface area contributed by atoms with Gasteiger partial charge in [-0.05, 0) is 24.6 Å². The Morgan fingerprint density at radius 3 is 2.47 bits per heavy atom. The number of hydrogen-bond donors (Lipinski definition) is 1. The first-order valence-electron chi connectivity index (χ1n) is 5.04. The number of carboxylic acid groups (broad SMARTS) is 1. The van der Waals surface area contributed by atoms with E-state index in [4.69, 9.17) is 9.63 Å². The Kier molecular flexibility index (Phi) is 2.78. The minimum atomic E-state index is -0.945. The largest absolute Gasteiger partial charge is 0.478 e. The molecule has 0 saturated carbocycles. The van der Waals surface area contributed by atoms with Gasteiger partial charge in [0, 0.05) is 11.6 Å². The fourth-order valence-corrected chi connectivity index (χ4v) is 1.40. The van der Waals surface area contributed by atoms with Crippen molar-refractivity contribution in [1.29, 1.82) is 0 Å². The summed E-state index contributed by atoms with van der Waals surface area (Å²) < 4.78 is 5.09. The van der Waals surface area contributed by atoms with Crippen molar-refractivity contribution >= 4 is 11.5 Å². The molecule has 0 saturated heterocycles. The standard InChI is InChI=1S/C13H11NO3/c1-8(2)12-7-11(14-17-12)9-3-5-10(6-4-9)13(15)16/h3-7H,1H2,2H3,(H,15,16). The van der Waals surface area contributed by atoms with Crippen molar-refractivity contribution in [3.63, 3.8) is 0 Å². The maximum atomic E-state index is 10.7. The zero-order valence-electron chi connectivity index (χ0n) is 9.30. The molecule has 1 aromatic heterocycles. The first-order chi connectivity index (χ1) is 8.08. The van der Waals surface area contributed by atoms with Crippen LogP contribution in [0.2, 0.25) is 0 Å². The first kappa shape index (κ1) is 11.1. The van der Waals surface area contributed by atoms with E-state index in [0.717, 1.165) is 11.1 Å². The van der Waals surface area contributed by atoms with Crippen LogP contribution in [-0.4, -0.2) is 16.2 Å². The van der Waals surface area contributed by atoms with Gasteiger partial charge < -0.3 is 9.63 Å². The van der Waals surface area contributed by atoms with Gasteiger partial charge in [0.1, 0.15) is 5.69 Å². The Bertz CT molecular complexity index is 567. The molecule has 1 aromatic carbocycles. The molecule has 4 heteroatoms. The Morgan fingerprint density at radius 1 is 1.35 bits per heavy atom. The smallest absolute Gasteiger partial charge is 0.335 e. The number of allylic oxidation sites excluding steroid dienone is 1. The molecule has 0 aliphatic carbocycles. The lowest BCUT2D eigenvalue weighted by molar-refractivity contribution is 0.0697. The van der Waals surface area contributed by atoms with Crippen molar-refractivity contribution in [2.45, 2.75) is 6.92 Å². The third-order valence-corrected chi connectivity index (χ3v) is 2.36. The number of rotatable bonds is 3. The zero-order chi connectivity index (χ0) is 12.4. The Balaban J connectivity index is 2.33. The van der Waals surface area contributed by atoms with Crippen LogP contribution < -0.4 is 0 Å². The second-order valence-electron chi connectivity index (χ2n) is 3.74. The van der Waals surface area contributed by atoms with Gasteiger partial charge in [-0.15, -0.1) is 0 Å². The molecular weight excluding hydrogens is 218 g/mol. The van der Waals surface area contributed by atoms with Crippen molar-refractivity contribution in [1.82, 2.24) is 5.16 Å². The van der Waals surface area contributed by atoms with Gasteiger partial charge in [0.2, 0.25) is 0 Å². The average Bonchev–Trinajstić information content (AvgIpc) is 2.78. The number of benzene rings is 1. The second kappa shape index (κ2) is 4.25. The number of carbonyl (C=O) groups is 1. The van der Waals surface area contributed by atoms with Crippen LogP contribution in [0.3, 0.4) is 0 Å². The number of carboxylic acids is 1. The van der Waals surface area contributed by atoms with Crippen LogP contribution in [0.4, 0.5) is 0 Å². The lowest BCUT2D eigenvalue weighted by Gasteiger charge is -1.96. The molecule has 0 fully saturated rings. The summed E-state index contributed by atoms with van der Waals surface area (Å²) in [7, 11) is 0. The molecular formula is C13H11NO3. The van der Waals surface area contributed by atoms with Crippen LogP contribution in [0.1, 0.15) is 23.0 Å². The van der Waals surface area contributed by atoms with Crippen molar-refractivity contribution in [3.05, 3.63) is 48.2 Å². The van der Waals surface area contributed by atoms with E-state index in [0.29, 0.717) is 11.5 Å². The molecule has 1 N–H and O–H groups in total. The van der Waals surface area contributed by atoms with Crippen molar-refractivity contribution in [2.24, 2.45) is 0 Å². The van der Waals surface area contributed by atoms with E-state index in [2.05, 4.69) is 11.7 Å². The monoisotopic (exact) mass is 229 g/mol. The quantitative estimate of drug-likeness (QED) is 0.878. The molecule has 86 valence electrons. The van der Waals surface area contributed by atoms with Gasteiger partial charge in [0.25, 0.3) is 0 Å². The molecule has 4 nitrogen and oxygen atoms in total. The van der Waals surface area contributed by atoms with Crippen LogP contribution in [0, 0.1) is 0 Å². The highest BCUT2D eigenvalue weighted by atomic mass is 16.5. The normalized spacial score (nSPS) is 10.2. The molecule has 0 bridgehead atoms. The molecule has 2 rings (SSSR count). The van der Waals surface area contributed by atoms with Crippen LogP contribution in [-0.2, 0) is 0 Å². The highest BCUT2D eigenvalue weighted by molar-refractivity contribution is 5.88. The summed E-state index contributed by atoms with van der Waals surface area (Å²) in [6.07, 6.45) is 0. The van der Waals surface area contributed by atoms with Crippen molar-refractivity contribution in [3.8, 4) is 11.3 Å². The fourth-order valence-electron chi connectivity index (χ4n) is 1.40. The van der Waals surface area contributed by atoms with Gasteiger partial charge in [-0.3, -0.25) is 0 Å². The molecule has 1 heterocycles. The van der Waals surface area contributed by atoms with Gasteiger partial charge in [-0.25, -0.2) is 4.79 Å². The summed E-state index contributed by atoms with van der Waals surface area (Å²) in [6, 6.07) is 8.24. The third-order valence-electron chi connectivity index (χ3n) is 2.36. The van der Waals surface area contributed by atoms with E-state index >= 15 is 0 Å². The summed E-state index contributed by atoms with van der Waals surface area (Å²) in [5.74, 6) is -0.318. The summed E-state index contributed by atoms with van der Waals surface area (Å²) >= 11 is 0. The van der Waals surface area contributed by atoms with E-state index in [9.17, 15) is 4.79 Å². The molecule has 0 amide bonds. The molecule has 0 spiro atoms. The maximum Gasteiger partial charge on any atom is 0.335 e. The van der Waals surface area contributed by atoms with E-state index in [-0.39, 0.29) is 5.56 Å². The minimum absolute atomic E-state index is 0.248. The van der Waals surface area contributed by atoms with Crippen molar-refractivity contribution < 1.29 is 14.4 Å². The van der Waals surface area contributed by atoms with E-state index < -0.39 is 5.97 Å². The van der Waals surface area contributed by atoms with Crippen LogP contribution in [0.15, 0.2) is 41.4 Å². The predicted molar refractivity (Wildman–Crippen MR) is 63.6 cm³/mol. The third kappa shape index (κ3) is 2.25. The number of aromatic nitrogens is 1. The minimum Gasteiger partial charge on any atom is -0.478 e. The van der Waals surface area contributed by atoms with Crippen LogP contribution >= 0.6 is 0 Å². The average molecular weight is 229 g/mol. The number of hydrogen-bond acceptors (Lipinski definition) is 3. The van der Waals surface area contributed by atoms with E-state index in [1.54, 1.807) is 18.2 Å². The SMILES string of the molecule is C=C(C)c1cc(-c2ccc(C(=O)O)cc2)no1. The Morgan fingerprint density at radius 2 is 2.00 bits per heavy atom. The number of aromatic carboxylic acids is 1. The second-order valence-corrected chi connectivity index (χ2v) is 3.74. The van der Waals surface area contributed by atoms with Crippen molar-refractivity contribution in [2.75, 3.05) is 0 Å². The fraction of sp³-hybridized carbons (Fsp3) is 0.0769. The molecule has 0 aliphatic rings. The van der Waals surface area contributed by atoms with Crippen LogP contribution in [0.25, 0.3) is 16.8 Å². The maximum absolute atomic E-state index is 10.7. The van der Waals surface area contributed by atoms with E-state index in [1.807, 2.05) is 6.92 Å². The molecule has 0 atom stereocenters. The van der Waals surface area contributed by atoms with Crippen LogP contribution in [0.5, 0.6) is 0 Å². The summed E-state index contributed by atoms with van der Waals surface area (Å²) in [6.45, 7) is 5.59. The topological polar surface area (TPSA) is 63.3 Å². The first-order valence-corrected chi connectivity index (χ1v) is 5.04. The number of nitrogens with zero attached hydrogens (tertiary/aromatic N) is 1. The summed E-state index contributed by atoms with van der Waals surface area (Å²) in [5, 5.41) is 12.7. The Labute approximate surface area is 98.2 Å². The lowest BCUT2D eigenvalue weighted by Crippen LogP contribution is -1.94. The highest BCUT2D eigenvalue weighted by Gasteiger charge is 2.08. The highest BCUT2D eigenvalue weighted by Crippen LogP contribution is 2.22. The van der Waals surface area contributed by atoms with Gasteiger partial charge in [-0.2, -0.15) is 0 Å². The molecule has 0 radical (unpaired) electrons. The summed E-state index contributed by atoms with van der Waals surface area (Å²) in [5.41, 5.74) is 2.52. The van der Waals surface area contributed by atoms with Gasteiger partial charge in [0.15, 0.2) is 5.76 Å². The lowest BCUT2D eigenvalue weighted by atomic mass is 10.1. The predicted octanol–water partition coefficient (Wildman–Crippen LogP) is 3.07. The zero-order valence-corrected chi connectivity index (χ0v) is 9.30. The van der Waals surface area contributed by atoms with E-state index in [1.165, 1.54) is 12.1 Å².